The van der Waals surface area contributed by atoms with Gasteiger partial charge in [-0.25, -0.2) is 0 Å². The van der Waals surface area contributed by atoms with Crippen LogP contribution in [0.25, 0.3) is 0 Å². The van der Waals surface area contributed by atoms with Crippen LogP contribution in [0.2, 0.25) is 0 Å². The second kappa shape index (κ2) is 4.43. The van der Waals surface area contributed by atoms with E-state index in [0.29, 0.717) is 5.92 Å². The molecule has 0 fully saturated rings. The van der Waals surface area contributed by atoms with Crippen LogP contribution in [0.3, 0.4) is 0 Å². The van der Waals surface area contributed by atoms with E-state index < -0.39 is 0 Å². The lowest BCUT2D eigenvalue weighted by Gasteiger charge is -2.19. The molecule has 0 amide bonds. The molecule has 1 rings (SSSR count). The van der Waals surface area contributed by atoms with Crippen LogP contribution in [-0.2, 0) is 0 Å². The van der Waals surface area contributed by atoms with Gasteiger partial charge in [0.15, 0.2) is 0 Å². The molecule has 0 radical (unpaired) electrons. The molecule has 2 unspecified atom stereocenters. The highest BCUT2D eigenvalue weighted by Crippen LogP contribution is 2.26. The van der Waals surface area contributed by atoms with Gasteiger partial charge in [0.05, 0.1) is 0 Å². The summed E-state index contributed by atoms with van der Waals surface area (Å²) < 4.78 is 0. The van der Waals surface area contributed by atoms with Crippen molar-refractivity contribution < 1.29 is 0 Å². The van der Waals surface area contributed by atoms with Gasteiger partial charge in [0.2, 0.25) is 0 Å². The van der Waals surface area contributed by atoms with Crippen LogP contribution < -0.4 is 5.73 Å². The molecule has 0 saturated heterocycles. The van der Waals surface area contributed by atoms with Crippen LogP contribution in [0.4, 0.5) is 0 Å². The molecule has 0 heterocycles. The zero-order valence-corrected chi connectivity index (χ0v) is 8.42. The highest BCUT2D eigenvalue weighted by Gasteiger charge is 2.17. The second-order valence-corrected chi connectivity index (χ2v) is 3.95. The topological polar surface area (TPSA) is 26.0 Å². The molecule has 1 aliphatic carbocycles. The minimum Gasteiger partial charge on any atom is -0.324 e. The van der Waals surface area contributed by atoms with Crippen molar-refractivity contribution in [1.82, 2.24) is 0 Å². The maximum atomic E-state index is 6.00. The third-order valence-corrected chi connectivity index (χ3v) is 2.53. The van der Waals surface area contributed by atoms with Gasteiger partial charge in [-0.3, -0.25) is 0 Å². The number of nitrogens with two attached hydrogens (primary N) is 1. The zero-order chi connectivity index (χ0) is 9.84. The SMILES string of the molecule is C=C(C)CC(N)C(=C)C1C=CCC1. The highest BCUT2D eigenvalue weighted by molar-refractivity contribution is 5.20. The monoisotopic (exact) mass is 177 g/mol. The van der Waals surface area contributed by atoms with E-state index >= 15 is 0 Å². The molecule has 1 aliphatic rings. The maximum Gasteiger partial charge on any atom is 0.0294 e. The van der Waals surface area contributed by atoms with Gasteiger partial charge in [0.1, 0.15) is 0 Å². The van der Waals surface area contributed by atoms with Crippen molar-refractivity contribution in [3.63, 3.8) is 0 Å². The van der Waals surface area contributed by atoms with Gasteiger partial charge in [-0.15, -0.1) is 6.58 Å². The van der Waals surface area contributed by atoms with E-state index in [1.807, 2.05) is 6.92 Å². The van der Waals surface area contributed by atoms with Crippen LogP contribution in [-0.4, -0.2) is 6.04 Å². The largest absolute Gasteiger partial charge is 0.324 e. The molecule has 2 N–H and O–H groups in total. The van der Waals surface area contributed by atoms with Crippen molar-refractivity contribution in [3.8, 4) is 0 Å². The minimum absolute atomic E-state index is 0.0882. The summed E-state index contributed by atoms with van der Waals surface area (Å²) in [6, 6.07) is 0.0882. The Hall–Kier alpha value is -0.820. The van der Waals surface area contributed by atoms with E-state index in [4.69, 9.17) is 5.73 Å². The summed E-state index contributed by atoms with van der Waals surface area (Å²) in [5, 5.41) is 0. The molecule has 13 heavy (non-hydrogen) atoms. The standard InChI is InChI=1S/C12H19N/c1-9(2)8-12(13)10(3)11-6-4-5-7-11/h4,6,11-12H,1,3,5,7-8,13H2,2H3. The lowest BCUT2D eigenvalue weighted by atomic mass is 9.91. The number of allylic oxidation sites excluding steroid dienone is 2. The van der Waals surface area contributed by atoms with E-state index in [2.05, 4.69) is 25.3 Å². The molecular formula is C12H19N. The van der Waals surface area contributed by atoms with Crippen LogP contribution in [0.5, 0.6) is 0 Å². The summed E-state index contributed by atoms with van der Waals surface area (Å²) in [5.41, 5.74) is 8.30. The summed E-state index contributed by atoms with van der Waals surface area (Å²) in [6.45, 7) is 9.95. The molecule has 72 valence electrons. The van der Waals surface area contributed by atoms with E-state index in [1.165, 1.54) is 12.8 Å². The van der Waals surface area contributed by atoms with Crippen molar-refractivity contribution in [3.05, 3.63) is 36.5 Å². The predicted molar refractivity (Wildman–Crippen MR) is 58.4 cm³/mol. The van der Waals surface area contributed by atoms with E-state index in [-0.39, 0.29) is 6.04 Å². The molecule has 0 aromatic carbocycles. The van der Waals surface area contributed by atoms with Gasteiger partial charge < -0.3 is 5.73 Å². The van der Waals surface area contributed by atoms with Crippen molar-refractivity contribution in [2.45, 2.75) is 32.2 Å². The Morgan fingerprint density at radius 3 is 2.77 bits per heavy atom. The van der Waals surface area contributed by atoms with Crippen LogP contribution in [0.1, 0.15) is 26.2 Å². The average Bonchev–Trinajstić information content (AvgIpc) is 2.53. The third-order valence-electron chi connectivity index (χ3n) is 2.53. The molecule has 1 heteroatoms. The first-order valence-corrected chi connectivity index (χ1v) is 4.86. The first-order chi connectivity index (χ1) is 6.11. The van der Waals surface area contributed by atoms with Gasteiger partial charge in [-0.05, 0) is 32.1 Å². The Labute approximate surface area is 81.0 Å². The van der Waals surface area contributed by atoms with Crippen molar-refractivity contribution in [1.29, 1.82) is 0 Å². The summed E-state index contributed by atoms with van der Waals surface area (Å²) in [5.74, 6) is 0.509. The lowest BCUT2D eigenvalue weighted by Crippen LogP contribution is -2.25. The summed E-state index contributed by atoms with van der Waals surface area (Å²) >= 11 is 0. The normalized spacial score (nSPS) is 23.1. The van der Waals surface area contributed by atoms with E-state index in [0.717, 1.165) is 17.6 Å². The number of hydrogen-bond donors (Lipinski definition) is 1. The van der Waals surface area contributed by atoms with Crippen LogP contribution in [0.15, 0.2) is 36.5 Å². The number of hydrogen-bond acceptors (Lipinski definition) is 1. The van der Waals surface area contributed by atoms with E-state index in [1.54, 1.807) is 0 Å². The maximum absolute atomic E-state index is 6.00. The molecule has 0 saturated carbocycles. The fourth-order valence-electron chi connectivity index (χ4n) is 1.72. The summed E-state index contributed by atoms with van der Waals surface area (Å²) in [7, 11) is 0. The summed E-state index contributed by atoms with van der Waals surface area (Å²) in [4.78, 5) is 0. The molecule has 1 nitrogen and oxygen atoms in total. The highest BCUT2D eigenvalue weighted by atomic mass is 14.6. The Morgan fingerprint density at radius 2 is 2.31 bits per heavy atom. The Kier molecular flexibility index (Phi) is 3.49. The second-order valence-electron chi connectivity index (χ2n) is 3.95. The Bertz CT molecular complexity index is 238. The quantitative estimate of drug-likeness (QED) is 0.656. The molecular weight excluding hydrogens is 158 g/mol. The smallest absolute Gasteiger partial charge is 0.0294 e. The van der Waals surface area contributed by atoms with Crippen molar-refractivity contribution in [2.75, 3.05) is 0 Å². The fraction of sp³-hybridized carbons (Fsp3) is 0.500. The first kappa shape index (κ1) is 10.3. The van der Waals surface area contributed by atoms with Gasteiger partial charge in [0.25, 0.3) is 0 Å². The molecule has 0 aromatic heterocycles. The first-order valence-electron chi connectivity index (χ1n) is 4.86. The Balaban J connectivity index is 2.46. The van der Waals surface area contributed by atoms with E-state index in [9.17, 15) is 0 Å². The van der Waals surface area contributed by atoms with Gasteiger partial charge >= 0.3 is 0 Å². The molecule has 0 aliphatic heterocycles. The summed E-state index contributed by atoms with van der Waals surface area (Å²) in [6.07, 6.45) is 7.65. The lowest BCUT2D eigenvalue weighted by molar-refractivity contribution is 0.631. The predicted octanol–water partition coefficient (Wildman–Crippen LogP) is 2.80. The molecule has 0 spiro atoms. The number of rotatable bonds is 4. The zero-order valence-electron chi connectivity index (χ0n) is 8.42. The fourth-order valence-corrected chi connectivity index (χ4v) is 1.72. The van der Waals surface area contributed by atoms with Gasteiger partial charge in [0, 0.05) is 6.04 Å². The molecule has 2 atom stereocenters. The average molecular weight is 177 g/mol. The van der Waals surface area contributed by atoms with Crippen molar-refractivity contribution >= 4 is 0 Å². The van der Waals surface area contributed by atoms with Crippen molar-refractivity contribution in [2.24, 2.45) is 11.7 Å². The van der Waals surface area contributed by atoms with Crippen LogP contribution in [0, 0.1) is 5.92 Å². The minimum atomic E-state index is 0.0882. The van der Waals surface area contributed by atoms with Crippen LogP contribution >= 0.6 is 0 Å². The molecule has 0 bridgehead atoms. The van der Waals surface area contributed by atoms with Gasteiger partial charge in [-0.1, -0.05) is 29.9 Å². The Morgan fingerprint density at radius 1 is 1.62 bits per heavy atom. The molecule has 0 aromatic rings. The van der Waals surface area contributed by atoms with Gasteiger partial charge in [-0.2, -0.15) is 0 Å². The third kappa shape index (κ3) is 2.85.